The Bertz CT molecular complexity index is 2550. The molecule has 0 bridgehead atoms. The molecule has 0 aromatic heterocycles. The van der Waals surface area contributed by atoms with E-state index in [0.29, 0.717) is 15.3 Å². The van der Waals surface area contributed by atoms with E-state index in [4.69, 9.17) is 36.7 Å². The molecule has 7 aromatic carbocycles. The third-order valence-corrected chi connectivity index (χ3v) is 11.9. The maximum absolute atomic E-state index is 6.37. The highest BCUT2D eigenvalue weighted by molar-refractivity contribution is 7.81. The van der Waals surface area contributed by atoms with Crippen LogP contribution in [0.1, 0.15) is 35.2 Å². The van der Waals surface area contributed by atoms with Crippen molar-refractivity contribution in [1.29, 1.82) is 0 Å². The van der Waals surface area contributed by atoms with Gasteiger partial charge in [0.05, 0.1) is 34.1 Å². The Morgan fingerprint density at radius 2 is 0.460 bits per heavy atom. The largest absolute Gasteiger partial charge is 0.249 e. The van der Waals surface area contributed by atoms with Gasteiger partial charge >= 0.3 is 0 Å². The summed E-state index contributed by atoms with van der Waals surface area (Å²) in [7, 11) is 0. The Hall–Kier alpha value is -6.63. The van der Waals surface area contributed by atoms with Gasteiger partial charge in [0.2, 0.25) is 15.3 Å². The summed E-state index contributed by atoms with van der Waals surface area (Å²) in [4.78, 5) is 0. The Balaban J connectivity index is 0.991. The monoisotopic (exact) mass is 882 g/mol. The predicted octanol–water partition coefficient (Wildman–Crippen LogP) is 8.65. The van der Waals surface area contributed by atoms with Crippen molar-refractivity contribution in [2.75, 3.05) is 30.1 Å². The van der Waals surface area contributed by atoms with Crippen molar-refractivity contribution in [2.24, 2.45) is 0 Å². The van der Waals surface area contributed by atoms with Crippen LogP contribution in [0.25, 0.3) is 0 Å². The number of benzene rings is 7. The van der Waals surface area contributed by atoms with Crippen LogP contribution in [0, 0.1) is 0 Å². The molecule has 3 saturated heterocycles. The van der Waals surface area contributed by atoms with Crippen LogP contribution in [-0.4, -0.2) is 15.3 Å². The third-order valence-electron chi connectivity index (χ3n) is 10.8. The second kappa shape index (κ2) is 18.0. The lowest BCUT2D eigenvalue weighted by Crippen LogP contribution is -2.66. The van der Waals surface area contributed by atoms with E-state index in [1.807, 2.05) is 182 Å². The Morgan fingerprint density at radius 1 is 0.254 bits per heavy atom. The first-order valence-corrected chi connectivity index (χ1v) is 21.7. The van der Waals surface area contributed by atoms with E-state index >= 15 is 0 Å². The third kappa shape index (κ3) is 8.36. The topological polar surface area (TPSA) is 91.6 Å². The van der Waals surface area contributed by atoms with E-state index in [9.17, 15) is 0 Å². The average Bonchev–Trinajstić information content (AvgIpc) is 3.35. The lowest BCUT2D eigenvalue weighted by molar-refractivity contribution is 0.426. The summed E-state index contributed by atoms with van der Waals surface area (Å²) in [6.07, 6.45) is -0.939. The van der Waals surface area contributed by atoms with E-state index < -0.39 is 0 Å². The zero-order chi connectivity index (χ0) is 42.7. The summed E-state index contributed by atoms with van der Waals surface area (Å²) >= 11 is 18.7. The van der Waals surface area contributed by atoms with Crippen LogP contribution in [0.3, 0.4) is 0 Å². The van der Waals surface area contributed by atoms with E-state index in [2.05, 4.69) is 81.1 Å². The van der Waals surface area contributed by atoms with Gasteiger partial charge in [-0.15, -0.1) is 0 Å². The summed E-state index contributed by atoms with van der Waals surface area (Å²) < 4.78 is 0. The van der Waals surface area contributed by atoms with Gasteiger partial charge in [-0.05, 0) is 114 Å². The van der Waals surface area contributed by atoms with Gasteiger partial charge in [0.1, 0.15) is 18.5 Å². The SMILES string of the molecule is S=C1N(c2ccccc2)NC(c2ccccc2)NN1c1cccc(N2NC(c3ccccc3)NN(c3cccc(N4NC(c5ccccc5)NN(c5ccccc5)C4=S)c3)C2=S)c1. The van der Waals surface area contributed by atoms with Crippen molar-refractivity contribution in [1.82, 2.24) is 32.6 Å². The molecule has 3 aliphatic heterocycles. The summed E-state index contributed by atoms with van der Waals surface area (Å²) in [6.45, 7) is 0. The van der Waals surface area contributed by atoms with Gasteiger partial charge < -0.3 is 0 Å². The van der Waals surface area contributed by atoms with Gasteiger partial charge in [-0.3, -0.25) is 0 Å². The standard InChI is InChI=1S/C48H42N12S3/c61-46-55(37-24-12-4-13-25-37)49-43(34-18-6-1-7-19-34)51-57(46)39-28-16-30-41(32-39)59-48(63)60(54-45(53-59)36-22-10-3-11-23-36)42-31-17-29-40(33-42)58-47(62)56(38-26-14-5-15-27-38)50-44(52-58)35-20-8-2-9-21-35/h1-33,43-45,49-54H. The molecule has 0 radical (unpaired) electrons. The molecule has 2 atom stereocenters. The first-order valence-electron chi connectivity index (χ1n) is 20.4. The molecule has 15 heteroatoms. The van der Waals surface area contributed by atoms with Gasteiger partial charge in [-0.2, -0.15) is 0 Å². The molecular weight excluding hydrogens is 841 g/mol. The molecule has 2 unspecified atom stereocenters. The molecule has 3 aliphatic rings. The van der Waals surface area contributed by atoms with Crippen LogP contribution in [0.15, 0.2) is 200 Å². The lowest BCUT2D eigenvalue weighted by atomic mass is 10.1. The lowest BCUT2D eigenvalue weighted by Gasteiger charge is -2.45. The zero-order valence-electron chi connectivity index (χ0n) is 33.7. The fourth-order valence-corrected chi connectivity index (χ4v) is 8.63. The fraction of sp³-hybridized carbons (Fsp3) is 0.0625. The molecule has 63 heavy (non-hydrogen) atoms. The van der Waals surface area contributed by atoms with Crippen molar-refractivity contribution < 1.29 is 0 Å². The van der Waals surface area contributed by atoms with Crippen LogP contribution >= 0.6 is 36.7 Å². The minimum absolute atomic E-state index is 0.286. The first-order chi connectivity index (χ1) is 31.0. The van der Waals surface area contributed by atoms with Gasteiger partial charge in [-0.1, -0.05) is 140 Å². The highest BCUT2D eigenvalue weighted by Gasteiger charge is 2.36. The minimum atomic E-state index is -0.367. The molecule has 6 N–H and O–H groups in total. The van der Waals surface area contributed by atoms with Gasteiger partial charge in [-0.25, -0.2) is 62.6 Å². The van der Waals surface area contributed by atoms with Crippen molar-refractivity contribution in [2.45, 2.75) is 18.5 Å². The molecule has 12 nitrogen and oxygen atoms in total. The number of hydrazine groups is 6. The van der Waals surface area contributed by atoms with Crippen molar-refractivity contribution >= 4 is 86.1 Å². The maximum Gasteiger partial charge on any atom is 0.210 e. The van der Waals surface area contributed by atoms with Gasteiger partial charge in [0.15, 0.2) is 0 Å². The highest BCUT2D eigenvalue weighted by atomic mass is 32.1. The Kier molecular flexibility index (Phi) is 11.6. The van der Waals surface area contributed by atoms with E-state index in [1.54, 1.807) is 0 Å². The fourth-order valence-electron chi connectivity index (χ4n) is 7.68. The summed E-state index contributed by atoms with van der Waals surface area (Å²) in [5.74, 6) is 0. The molecule has 0 saturated carbocycles. The number of rotatable bonds is 9. The van der Waals surface area contributed by atoms with Crippen LogP contribution in [-0.2, 0) is 0 Å². The Labute approximate surface area is 382 Å². The van der Waals surface area contributed by atoms with Crippen LogP contribution in [0.2, 0.25) is 0 Å². The van der Waals surface area contributed by atoms with Crippen molar-refractivity contribution in [3.8, 4) is 0 Å². The molecule has 0 spiro atoms. The van der Waals surface area contributed by atoms with Crippen molar-refractivity contribution in [3.05, 3.63) is 217 Å². The highest BCUT2D eigenvalue weighted by Crippen LogP contribution is 2.33. The molecule has 7 aromatic rings. The molecule has 0 aliphatic carbocycles. The van der Waals surface area contributed by atoms with Gasteiger partial charge in [0, 0.05) is 0 Å². The number of hydrogen-bond donors (Lipinski definition) is 6. The normalized spacial score (nSPS) is 19.4. The second-order valence-corrected chi connectivity index (χ2v) is 16.0. The number of para-hydroxylation sites is 2. The van der Waals surface area contributed by atoms with Crippen LogP contribution < -0.4 is 62.6 Å². The first kappa shape index (κ1) is 40.4. The second-order valence-electron chi connectivity index (χ2n) is 14.9. The summed E-state index contributed by atoms with van der Waals surface area (Å²) in [6, 6.07) is 67.1. The quantitative estimate of drug-likeness (QED) is 0.0782. The number of nitrogens with zero attached hydrogens (tertiary/aromatic N) is 6. The number of nitrogens with one attached hydrogen (secondary N) is 6. The number of thiocarbonyl (C=S) groups is 3. The average molecular weight is 883 g/mol. The summed E-state index contributed by atoms with van der Waals surface area (Å²) in [5, 5.41) is 13.1. The Morgan fingerprint density at radius 3 is 0.714 bits per heavy atom. The molecule has 3 fully saturated rings. The molecule has 3 heterocycles. The number of hydrogen-bond acceptors (Lipinski definition) is 9. The molecule has 0 amide bonds. The molecular formula is C48H42N12S3. The zero-order valence-corrected chi connectivity index (χ0v) is 36.1. The van der Waals surface area contributed by atoms with E-state index in [1.165, 1.54) is 0 Å². The summed E-state index contributed by atoms with van der Waals surface area (Å²) in [5.41, 5.74) is 30.0. The predicted molar refractivity (Wildman–Crippen MR) is 265 cm³/mol. The van der Waals surface area contributed by atoms with E-state index in [0.717, 1.165) is 50.8 Å². The molecule has 10 rings (SSSR count). The minimum Gasteiger partial charge on any atom is -0.249 e. The molecule has 312 valence electrons. The van der Waals surface area contributed by atoms with E-state index in [-0.39, 0.29) is 18.5 Å². The maximum atomic E-state index is 6.37. The number of anilines is 6. The van der Waals surface area contributed by atoms with Crippen molar-refractivity contribution in [3.63, 3.8) is 0 Å². The smallest absolute Gasteiger partial charge is 0.210 e. The van der Waals surface area contributed by atoms with Crippen LogP contribution in [0.4, 0.5) is 34.1 Å². The van der Waals surface area contributed by atoms with Crippen LogP contribution in [0.5, 0.6) is 0 Å². The van der Waals surface area contributed by atoms with Gasteiger partial charge in [0.25, 0.3) is 0 Å².